The van der Waals surface area contributed by atoms with Crippen LogP contribution in [0.3, 0.4) is 0 Å². The summed E-state index contributed by atoms with van der Waals surface area (Å²) < 4.78 is 4.94. The second-order valence-electron chi connectivity index (χ2n) is 4.12. The van der Waals surface area contributed by atoms with Crippen LogP contribution in [-0.4, -0.2) is 29.6 Å². The lowest BCUT2D eigenvalue weighted by atomic mass is 9.98. The maximum Gasteiger partial charge on any atom is 0.335 e. The maximum atomic E-state index is 11.1. The number of hydrogen-bond donors (Lipinski definition) is 2. The highest BCUT2D eigenvalue weighted by Crippen LogP contribution is 2.34. The molecule has 0 aliphatic carbocycles. The van der Waals surface area contributed by atoms with Gasteiger partial charge < -0.3 is 14.9 Å². The van der Waals surface area contributed by atoms with Crippen LogP contribution in [0.1, 0.15) is 20.7 Å². The summed E-state index contributed by atoms with van der Waals surface area (Å²) in [4.78, 5) is 22.1. The molecule has 0 bridgehead atoms. The van der Waals surface area contributed by atoms with E-state index in [9.17, 15) is 14.7 Å². The van der Waals surface area contributed by atoms with Gasteiger partial charge in [-0.3, -0.25) is 4.79 Å². The Morgan fingerprint density at radius 1 is 1.25 bits per heavy atom. The van der Waals surface area contributed by atoms with Crippen molar-refractivity contribution in [2.45, 2.75) is 0 Å². The van der Waals surface area contributed by atoms with Crippen LogP contribution in [0, 0.1) is 0 Å². The van der Waals surface area contributed by atoms with Gasteiger partial charge in [0.05, 0.1) is 12.7 Å². The number of rotatable bonds is 4. The summed E-state index contributed by atoms with van der Waals surface area (Å²) in [6, 6.07) is 8.93. The normalized spacial score (nSPS) is 10.1. The van der Waals surface area contributed by atoms with E-state index in [4.69, 9.17) is 9.84 Å². The van der Waals surface area contributed by atoms with Gasteiger partial charge >= 0.3 is 5.97 Å². The Labute approximate surface area is 115 Å². The van der Waals surface area contributed by atoms with Gasteiger partial charge in [-0.05, 0) is 35.4 Å². The van der Waals surface area contributed by atoms with Gasteiger partial charge in [0.2, 0.25) is 0 Å². The highest BCUT2D eigenvalue weighted by atomic mass is 16.5. The number of carbonyl (C=O) groups is 2. The van der Waals surface area contributed by atoms with Gasteiger partial charge in [-0.15, -0.1) is 0 Å². The summed E-state index contributed by atoms with van der Waals surface area (Å²) in [6.07, 6.45) is 0.630. The van der Waals surface area contributed by atoms with Crippen molar-refractivity contribution in [2.24, 2.45) is 0 Å². The molecule has 0 saturated carbocycles. The first-order valence-electron chi connectivity index (χ1n) is 5.76. The molecule has 5 nitrogen and oxygen atoms in total. The van der Waals surface area contributed by atoms with Gasteiger partial charge in [0.1, 0.15) is 0 Å². The van der Waals surface area contributed by atoms with E-state index in [2.05, 4.69) is 0 Å². The Morgan fingerprint density at radius 2 is 2.00 bits per heavy atom. The molecular weight excluding hydrogens is 260 g/mol. The summed E-state index contributed by atoms with van der Waals surface area (Å²) in [7, 11) is 1.38. The first-order valence-corrected chi connectivity index (χ1v) is 5.76. The van der Waals surface area contributed by atoms with Crippen LogP contribution in [0.15, 0.2) is 36.4 Å². The SMILES string of the molecule is COc1cc(C=O)c(-c2cccc(C(=O)O)c2)cc1O. The molecule has 20 heavy (non-hydrogen) atoms. The fourth-order valence-corrected chi connectivity index (χ4v) is 1.91. The van der Waals surface area contributed by atoms with E-state index in [1.807, 2.05) is 0 Å². The third-order valence-corrected chi connectivity index (χ3v) is 2.90. The number of aromatic carboxylic acids is 1. The summed E-state index contributed by atoms with van der Waals surface area (Å²) in [5.74, 6) is -0.990. The molecule has 0 fully saturated rings. The minimum absolute atomic E-state index is 0.106. The van der Waals surface area contributed by atoms with Crippen LogP contribution in [-0.2, 0) is 0 Å². The summed E-state index contributed by atoms with van der Waals surface area (Å²) in [5.41, 5.74) is 1.39. The zero-order valence-corrected chi connectivity index (χ0v) is 10.7. The molecular formula is C15H12O5. The molecule has 102 valence electrons. The Morgan fingerprint density at radius 3 is 2.60 bits per heavy atom. The number of carbonyl (C=O) groups excluding carboxylic acids is 1. The zero-order valence-electron chi connectivity index (χ0n) is 10.7. The molecule has 0 aromatic heterocycles. The van der Waals surface area contributed by atoms with E-state index < -0.39 is 5.97 Å². The van der Waals surface area contributed by atoms with Crippen LogP contribution in [0.2, 0.25) is 0 Å². The van der Waals surface area contributed by atoms with Crippen LogP contribution >= 0.6 is 0 Å². The van der Waals surface area contributed by atoms with Crippen molar-refractivity contribution in [2.75, 3.05) is 7.11 Å². The maximum absolute atomic E-state index is 11.1. The van der Waals surface area contributed by atoms with E-state index in [1.165, 1.54) is 31.4 Å². The molecule has 2 aromatic carbocycles. The molecule has 0 radical (unpaired) electrons. The molecule has 0 atom stereocenters. The first-order chi connectivity index (χ1) is 9.56. The minimum atomic E-state index is -1.06. The van der Waals surface area contributed by atoms with Crippen molar-refractivity contribution < 1.29 is 24.5 Å². The monoisotopic (exact) mass is 272 g/mol. The largest absolute Gasteiger partial charge is 0.504 e. The molecule has 0 amide bonds. The van der Waals surface area contributed by atoms with Crippen molar-refractivity contribution in [3.63, 3.8) is 0 Å². The standard InChI is InChI=1S/C15H12O5/c1-20-14-6-11(8-16)12(7-13(14)17)9-3-2-4-10(5-9)15(18)19/h2-8,17H,1H3,(H,18,19). The van der Waals surface area contributed by atoms with Crippen LogP contribution in [0.5, 0.6) is 11.5 Å². The van der Waals surface area contributed by atoms with Crippen molar-refractivity contribution in [1.29, 1.82) is 0 Å². The molecule has 2 aromatic rings. The Kier molecular flexibility index (Phi) is 3.70. The number of phenols is 1. The van der Waals surface area contributed by atoms with E-state index >= 15 is 0 Å². The molecule has 2 N–H and O–H groups in total. The van der Waals surface area contributed by atoms with Gasteiger partial charge in [0, 0.05) is 5.56 Å². The van der Waals surface area contributed by atoms with E-state index in [0.717, 1.165) is 0 Å². The lowest BCUT2D eigenvalue weighted by molar-refractivity contribution is 0.0697. The number of phenolic OH excluding ortho intramolecular Hbond substituents is 1. The molecule has 5 heteroatoms. The van der Waals surface area contributed by atoms with Gasteiger partial charge in [0.15, 0.2) is 17.8 Å². The predicted molar refractivity (Wildman–Crippen MR) is 72.4 cm³/mol. The Balaban J connectivity index is 2.62. The zero-order chi connectivity index (χ0) is 14.7. The Bertz CT molecular complexity index is 676. The minimum Gasteiger partial charge on any atom is -0.504 e. The van der Waals surface area contributed by atoms with Gasteiger partial charge in [0.25, 0.3) is 0 Å². The predicted octanol–water partition coefficient (Wildman–Crippen LogP) is 2.58. The van der Waals surface area contributed by atoms with Crippen molar-refractivity contribution in [1.82, 2.24) is 0 Å². The number of benzene rings is 2. The summed E-state index contributed by atoms with van der Waals surface area (Å²) in [6.45, 7) is 0. The fourth-order valence-electron chi connectivity index (χ4n) is 1.91. The molecule has 0 spiro atoms. The van der Waals surface area contributed by atoms with Crippen LogP contribution in [0.4, 0.5) is 0 Å². The molecule has 0 aliphatic rings. The molecule has 0 unspecified atom stereocenters. The summed E-state index contributed by atoms with van der Waals surface area (Å²) in [5, 5.41) is 18.8. The number of carboxylic acids is 1. The van der Waals surface area contributed by atoms with Crippen molar-refractivity contribution in [3.8, 4) is 22.6 Å². The second-order valence-corrected chi connectivity index (χ2v) is 4.12. The first kappa shape index (κ1) is 13.6. The highest BCUT2D eigenvalue weighted by molar-refractivity contribution is 5.93. The third kappa shape index (κ3) is 2.47. The number of carboxylic acid groups (broad SMARTS) is 1. The fraction of sp³-hybridized carbons (Fsp3) is 0.0667. The quantitative estimate of drug-likeness (QED) is 0.836. The lowest BCUT2D eigenvalue weighted by Gasteiger charge is -2.10. The summed E-state index contributed by atoms with van der Waals surface area (Å²) >= 11 is 0. The van der Waals surface area contributed by atoms with Crippen LogP contribution < -0.4 is 4.74 Å². The van der Waals surface area contributed by atoms with E-state index in [1.54, 1.807) is 12.1 Å². The van der Waals surface area contributed by atoms with Gasteiger partial charge in [-0.2, -0.15) is 0 Å². The van der Waals surface area contributed by atoms with E-state index in [0.29, 0.717) is 23.0 Å². The Hall–Kier alpha value is -2.82. The van der Waals surface area contributed by atoms with E-state index in [-0.39, 0.29) is 17.1 Å². The second kappa shape index (κ2) is 5.44. The number of hydrogen-bond acceptors (Lipinski definition) is 4. The van der Waals surface area contributed by atoms with Gasteiger partial charge in [-0.1, -0.05) is 12.1 Å². The third-order valence-electron chi connectivity index (χ3n) is 2.90. The number of aldehydes is 1. The number of methoxy groups -OCH3 is 1. The molecule has 0 aliphatic heterocycles. The van der Waals surface area contributed by atoms with Crippen LogP contribution in [0.25, 0.3) is 11.1 Å². The molecule has 2 rings (SSSR count). The lowest BCUT2D eigenvalue weighted by Crippen LogP contribution is -1.97. The average Bonchev–Trinajstić information content (AvgIpc) is 2.47. The average molecular weight is 272 g/mol. The van der Waals surface area contributed by atoms with Gasteiger partial charge in [-0.25, -0.2) is 4.79 Å². The van der Waals surface area contributed by atoms with Crippen molar-refractivity contribution in [3.05, 3.63) is 47.5 Å². The highest BCUT2D eigenvalue weighted by Gasteiger charge is 2.12. The van der Waals surface area contributed by atoms with Crippen molar-refractivity contribution >= 4 is 12.3 Å². The number of aromatic hydroxyl groups is 1. The smallest absolute Gasteiger partial charge is 0.335 e. The molecule has 0 saturated heterocycles. The number of ether oxygens (including phenoxy) is 1. The topological polar surface area (TPSA) is 83.8 Å². The molecule has 0 heterocycles.